The molecule has 0 bridgehead atoms. The molecule has 13 heavy (non-hydrogen) atoms. The Morgan fingerprint density at radius 3 is 2.77 bits per heavy atom. The van der Waals surface area contributed by atoms with Gasteiger partial charge in [-0.25, -0.2) is 4.98 Å². The Hall–Kier alpha value is -1.97. The van der Waals surface area contributed by atoms with Crippen LogP contribution in [0.2, 0.25) is 0 Å². The lowest BCUT2D eigenvalue weighted by molar-refractivity contribution is 1.29. The van der Waals surface area contributed by atoms with E-state index in [0.717, 1.165) is 22.1 Å². The number of nitrogens with zero attached hydrogens (tertiary/aromatic N) is 3. The minimum Gasteiger partial charge on any atom is -0.343 e. The van der Waals surface area contributed by atoms with Crippen molar-refractivity contribution < 1.29 is 0 Å². The SMILES string of the molecule is c1cnc2c(ccc3nc[nH]c32)n1. The highest BCUT2D eigenvalue weighted by Gasteiger charge is 2.02. The Bertz CT molecular complexity index is 570. The first-order valence-corrected chi connectivity index (χ1v) is 3.98. The van der Waals surface area contributed by atoms with Crippen LogP contribution in [0.25, 0.3) is 22.1 Å². The van der Waals surface area contributed by atoms with Gasteiger partial charge in [-0.3, -0.25) is 9.97 Å². The lowest BCUT2D eigenvalue weighted by Gasteiger charge is -1.94. The molecule has 0 saturated heterocycles. The Balaban J connectivity index is 2.65. The van der Waals surface area contributed by atoms with E-state index in [-0.39, 0.29) is 0 Å². The zero-order chi connectivity index (χ0) is 8.67. The number of hydrogen-bond donors (Lipinski definition) is 1. The van der Waals surface area contributed by atoms with Gasteiger partial charge in [0.25, 0.3) is 0 Å². The normalized spacial score (nSPS) is 11.1. The van der Waals surface area contributed by atoms with Crippen LogP contribution in [0.15, 0.2) is 30.9 Å². The molecule has 0 atom stereocenters. The maximum atomic E-state index is 4.25. The summed E-state index contributed by atoms with van der Waals surface area (Å²) in [6.07, 6.45) is 5.03. The molecule has 0 aliphatic rings. The van der Waals surface area contributed by atoms with E-state index in [1.165, 1.54) is 0 Å². The molecule has 0 spiro atoms. The van der Waals surface area contributed by atoms with E-state index >= 15 is 0 Å². The summed E-state index contributed by atoms with van der Waals surface area (Å²) in [6.45, 7) is 0. The van der Waals surface area contributed by atoms with Crippen molar-refractivity contribution in [2.24, 2.45) is 0 Å². The third-order valence-corrected chi connectivity index (χ3v) is 2.03. The van der Waals surface area contributed by atoms with Crippen LogP contribution in [0.1, 0.15) is 0 Å². The van der Waals surface area contributed by atoms with Crippen LogP contribution in [0, 0.1) is 0 Å². The lowest BCUT2D eigenvalue weighted by atomic mass is 10.2. The Kier molecular flexibility index (Phi) is 1.14. The van der Waals surface area contributed by atoms with Crippen LogP contribution in [0.4, 0.5) is 0 Å². The van der Waals surface area contributed by atoms with Gasteiger partial charge in [0.05, 0.1) is 22.9 Å². The van der Waals surface area contributed by atoms with Crippen LogP contribution in [-0.4, -0.2) is 19.9 Å². The van der Waals surface area contributed by atoms with E-state index in [4.69, 9.17) is 0 Å². The van der Waals surface area contributed by atoms with Crippen LogP contribution < -0.4 is 0 Å². The Morgan fingerprint density at radius 1 is 0.923 bits per heavy atom. The molecule has 0 aliphatic heterocycles. The smallest absolute Gasteiger partial charge is 0.114 e. The van der Waals surface area contributed by atoms with Gasteiger partial charge in [-0.15, -0.1) is 0 Å². The second-order valence-electron chi connectivity index (χ2n) is 2.79. The van der Waals surface area contributed by atoms with Gasteiger partial charge in [0.2, 0.25) is 0 Å². The van der Waals surface area contributed by atoms with Crippen LogP contribution in [0.3, 0.4) is 0 Å². The van der Waals surface area contributed by atoms with Gasteiger partial charge in [-0.1, -0.05) is 0 Å². The summed E-state index contributed by atoms with van der Waals surface area (Å²) >= 11 is 0. The van der Waals surface area contributed by atoms with Crippen molar-refractivity contribution in [3.63, 3.8) is 0 Å². The highest BCUT2D eigenvalue weighted by Crippen LogP contribution is 2.17. The number of aromatic nitrogens is 4. The maximum absolute atomic E-state index is 4.25. The molecule has 0 amide bonds. The number of nitrogens with one attached hydrogen (secondary N) is 1. The van der Waals surface area contributed by atoms with Gasteiger partial charge in [-0.05, 0) is 12.1 Å². The van der Waals surface area contributed by atoms with E-state index in [1.807, 2.05) is 12.1 Å². The minimum absolute atomic E-state index is 0.873. The molecule has 0 aliphatic carbocycles. The lowest BCUT2D eigenvalue weighted by Crippen LogP contribution is -1.82. The van der Waals surface area contributed by atoms with E-state index in [0.29, 0.717) is 0 Å². The fourth-order valence-corrected chi connectivity index (χ4v) is 1.44. The fraction of sp³-hybridized carbons (Fsp3) is 0. The molecule has 1 aromatic carbocycles. The molecule has 3 rings (SSSR count). The summed E-state index contributed by atoms with van der Waals surface area (Å²) in [7, 11) is 0. The zero-order valence-corrected chi connectivity index (χ0v) is 6.73. The highest BCUT2D eigenvalue weighted by molar-refractivity contribution is 5.99. The Labute approximate surface area is 73.7 Å². The molecule has 0 fully saturated rings. The molecule has 1 N–H and O–H groups in total. The minimum atomic E-state index is 0.873. The second-order valence-corrected chi connectivity index (χ2v) is 2.79. The molecule has 62 valence electrons. The predicted octanol–water partition coefficient (Wildman–Crippen LogP) is 1.51. The van der Waals surface area contributed by atoms with Crippen molar-refractivity contribution in [2.45, 2.75) is 0 Å². The number of hydrogen-bond acceptors (Lipinski definition) is 3. The van der Waals surface area contributed by atoms with Gasteiger partial charge < -0.3 is 4.98 Å². The topological polar surface area (TPSA) is 54.5 Å². The molecular formula is C9H6N4. The summed E-state index contributed by atoms with van der Waals surface area (Å²) in [5.74, 6) is 0. The number of fused-ring (bicyclic) bond motifs is 3. The second kappa shape index (κ2) is 2.26. The zero-order valence-electron chi connectivity index (χ0n) is 6.73. The van der Waals surface area contributed by atoms with Crippen molar-refractivity contribution in [3.05, 3.63) is 30.9 Å². The molecule has 0 unspecified atom stereocenters. The number of imidazole rings is 1. The van der Waals surface area contributed by atoms with Crippen LogP contribution in [0.5, 0.6) is 0 Å². The number of benzene rings is 1. The highest BCUT2D eigenvalue weighted by atomic mass is 14.9. The molecule has 4 nitrogen and oxygen atoms in total. The quantitative estimate of drug-likeness (QED) is 0.556. The van der Waals surface area contributed by atoms with Gasteiger partial charge in [-0.2, -0.15) is 0 Å². The van der Waals surface area contributed by atoms with Crippen LogP contribution >= 0.6 is 0 Å². The van der Waals surface area contributed by atoms with Gasteiger partial charge in [0.15, 0.2) is 0 Å². The summed E-state index contributed by atoms with van der Waals surface area (Å²) in [5.41, 5.74) is 3.63. The summed E-state index contributed by atoms with van der Waals surface area (Å²) in [4.78, 5) is 15.6. The molecule has 2 heterocycles. The monoisotopic (exact) mass is 170 g/mol. The first-order valence-electron chi connectivity index (χ1n) is 3.98. The Morgan fingerprint density at radius 2 is 1.77 bits per heavy atom. The molecule has 3 aromatic rings. The fourth-order valence-electron chi connectivity index (χ4n) is 1.44. The third kappa shape index (κ3) is 0.823. The summed E-state index contributed by atoms with van der Waals surface area (Å²) < 4.78 is 0. The van der Waals surface area contributed by atoms with Gasteiger partial charge >= 0.3 is 0 Å². The molecular weight excluding hydrogens is 164 g/mol. The van der Waals surface area contributed by atoms with Crippen molar-refractivity contribution in [2.75, 3.05) is 0 Å². The number of aromatic amines is 1. The molecule has 0 radical (unpaired) electrons. The summed E-state index contributed by atoms with van der Waals surface area (Å²) in [6, 6.07) is 3.86. The molecule has 4 heteroatoms. The average Bonchev–Trinajstić information content (AvgIpc) is 2.65. The largest absolute Gasteiger partial charge is 0.343 e. The van der Waals surface area contributed by atoms with Crippen molar-refractivity contribution >= 4 is 22.1 Å². The van der Waals surface area contributed by atoms with Gasteiger partial charge in [0.1, 0.15) is 5.52 Å². The van der Waals surface area contributed by atoms with E-state index in [1.54, 1.807) is 18.7 Å². The first-order chi connectivity index (χ1) is 6.45. The summed E-state index contributed by atoms with van der Waals surface area (Å²) in [5, 5.41) is 0. The average molecular weight is 170 g/mol. The molecule has 0 saturated carbocycles. The maximum Gasteiger partial charge on any atom is 0.114 e. The van der Waals surface area contributed by atoms with Crippen molar-refractivity contribution in [1.82, 2.24) is 19.9 Å². The number of rotatable bonds is 0. The molecule has 2 aromatic heterocycles. The first kappa shape index (κ1) is 6.54. The van der Waals surface area contributed by atoms with E-state index in [2.05, 4.69) is 19.9 Å². The van der Waals surface area contributed by atoms with Crippen LogP contribution in [-0.2, 0) is 0 Å². The van der Waals surface area contributed by atoms with Crippen molar-refractivity contribution in [1.29, 1.82) is 0 Å². The van der Waals surface area contributed by atoms with E-state index in [9.17, 15) is 0 Å². The standard InChI is InChI=1S/C9H6N4/c1-2-7-9(13-5-12-7)8-6(1)10-3-4-11-8/h1-5H,(H,12,13). The number of H-pyrrole nitrogens is 1. The van der Waals surface area contributed by atoms with Crippen molar-refractivity contribution in [3.8, 4) is 0 Å². The van der Waals surface area contributed by atoms with Gasteiger partial charge in [0, 0.05) is 12.4 Å². The predicted molar refractivity (Wildman–Crippen MR) is 49.2 cm³/mol. The van der Waals surface area contributed by atoms with E-state index < -0.39 is 0 Å². The third-order valence-electron chi connectivity index (χ3n) is 2.03.